The molecule has 0 fully saturated rings. The van der Waals surface area contributed by atoms with Crippen molar-refractivity contribution in [2.45, 2.75) is 253 Å². The quantitative estimate of drug-likeness (QED) is 0.0523. The van der Waals surface area contributed by atoms with Crippen molar-refractivity contribution in [1.82, 2.24) is 14.5 Å². The first kappa shape index (κ1) is 53.1. The Hall–Kier alpha value is -1.89. The van der Waals surface area contributed by atoms with Gasteiger partial charge in [0.2, 0.25) is 0 Å². The Kier molecular flexibility index (Phi) is 35.7. The van der Waals surface area contributed by atoms with E-state index in [0.29, 0.717) is 18.9 Å². The number of imidazole rings is 1. The van der Waals surface area contributed by atoms with Crippen LogP contribution in [-0.4, -0.2) is 57.7 Å². The van der Waals surface area contributed by atoms with E-state index >= 15 is 0 Å². The number of carboxylic acid groups (broad SMARTS) is 1. The summed E-state index contributed by atoms with van der Waals surface area (Å²) in [4.78, 5) is 32.0. The number of aliphatic carboxylic acids is 1. The molecular weight excluding hydrogens is 707 g/mol. The third-order valence-corrected chi connectivity index (χ3v) is 12.3. The van der Waals surface area contributed by atoms with Crippen molar-refractivity contribution < 1.29 is 19.4 Å². The molecule has 1 atom stereocenters. The molecule has 0 aliphatic carbocycles. The second-order valence-corrected chi connectivity index (χ2v) is 17.7. The Morgan fingerprint density at radius 1 is 0.596 bits per heavy atom. The fourth-order valence-electron chi connectivity index (χ4n) is 8.68. The lowest BCUT2D eigenvalue weighted by atomic mass is 9.80. The summed E-state index contributed by atoms with van der Waals surface area (Å²) >= 11 is 0. The van der Waals surface area contributed by atoms with Crippen molar-refractivity contribution in [3.63, 3.8) is 0 Å². The first-order valence-electron chi connectivity index (χ1n) is 24.9. The largest absolute Gasteiger partial charge is 0.481 e. The molecule has 57 heavy (non-hydrogen) atoms. The number of carboxylic acids is 1. The number of carbonyl (C=O) groups is 2. The van der Waals surface area contributed by atoms with Crippen molar-refractivity contribution in [2.75, 3.05) is 26.2 Å². The summed E-state index contributed by atoms with van der Waals surface area (Å²) in [5.41, 5.74) is 1.09. The minimum atomic E-state index is -0.551. The van der Waals surface area contributed by atoms with Crippen LogP contribution in [0.2, 0.25) is 0 Å². The summed E-state index contributed by atoms with van der Waals surface area (Å²) in [5, 5.41) is 10.4. The maximum absolute atomic E-state index is 12.6. The SMILES string of the molecule is CCCCCCCCCOC(=O)CCCCCCCN(CCCCCCC(C(=O)O)C(CCCCCCCC)CCCCCCCC)CCCn1cc(C)nc1C. The Balaban J connectivity index is 2.46. The zero-order chi connectivity index (χ0) is 41.6. The second kappa shape index (κ2) is 38.3. The fraction of sp³-hybridized carbons (Fsp3) is 0.900. The molecule has 1 unspecified atom stereocenters. The van der Waals surface area contributed by atoms with E-state index in [0.717, 1.165) is 95.5 Å². The van der Waals surface area contributed by atoms with E-state index in [2.05, 4.69) is 55.3 Å². The van der Waals surface area contributed by atoms with Crippen LogP contribution in [0.1, 0.15) is 244 Å². The van der Waals surface area contributed by atoms with Gasteiger partial charge >= 0.3 is 11.9 Å². The molecule has 0 saturated carbocycles. The molecule has 0 radical (unpaired) electrons. The van der Waals surface area contributed by atoms with Crippen LogP contribution in [0, 0.1) is 25.7 Å². The van der Waals surface area contributed by atoms with Crippen LogP contribution in [0.4, 0.5) is 0 Å². The van der Waals surface area contributed by atoms with Gasteiger partial charge in [0, 0.05) is 19.2 Å². The van der Waals surface area contributed by atoms with E-state index in [9.17, 15) is 14.7 Å². The second-order valence-electron chi connectivity index (χ2n) is 17.7. The third-order valence-electron chi connectivity index (χ3n) is 12.3. The molecule has 1 N–H and O–H groups in total. The van der Waals surface area contributed by atoms with E-state index in [-0.39, 0.29) is 11.9 Å². The summed E-state index contributed by atoms with van der Waals surface area (Å²) in [6.45, 7) is 15.9. The van der Waals surface area contributed by atoms with Crippen molar-refractivity contribution in [2.24, 2.45) is 11.8 Å². The predicted octanol–water partition coefficient (Wildman–Crippen LogP) is 14.6. The van der Waals surface area contributed by atoms with Gasteiger partial charge in [0.05, 0.1) is 18.2 Å². The van der Waals surface area contributed by atoms with Crippen LogP contribution < -0.4 is 0 Å². The van der Waals surface area contributed by atoms with E-state index in [1.54, 1.807) is 0 Å². The molecule has 1 heterocycles. The van der Waals surface area contributed by atoms with Gasteiger partial charge in [-0.3, -0.25) is 9.59 Å². The van der Waals surface area contributed by atoms with Gasteiger partial charge in [-0.05, 0) is 90.8 Å². The minimum Gasteiger partial charge on any atom is -0.481 e. The van der Waals surface area contributed by atoms with Crippen LogP contribution in [0.5, 0.6) is 0 Å². The van der Waals surface area contributed by atoms with E-state index < -0.39 is 5.97 Å². The molecular formula is C50H95N3O4. The van der Waals surface area contributed by atoms with Gasteiger partial charge in [-0.15, -0.1) is 0 Å². The fourth-order valence-corrected chi connectivity index (χ4v) is 8.68. The van der Waals surface area contributed by atoms with Gasteiger partial charge in [0.1, 0.15) is 5.82 Å². The van der Waals surface area contributed by atoms with E-state index in [1.807, 2.05) is 0 Å². The first-order valence-corrected chi connectivity index (χ1v) is 24.9. The summed E-state index contributed by atoms with van der Waals surface area (Å²) in [5.74, 6) is 0.692. The molecule has 7 heteroatoms. The number of aryl methyl sites for hydroxylation is 3. The Bertz CT molecular complexity index is 1040. The zero-order valence-corrected chi connectivity index (χ0v) is 38.6. The van der Waals surface area contributed by atoms with Crippen molar-refractivity contribution in [1.29, 1.82) is 0 Å². The summed E-state index contributed by atoms with van der Waals surface area (Å²) in [6.07, 6.45) is 41.0. The summed E-state index contributed by atoms with van der Waals surface area (Å²) in [7, 11) is 0. The number of unbranched alkanes of at least 4 members (excludes halogenated alkanes) is 23. The maximum Gasteiger partial charge on any atom is 0.306 e. The third kappa shape index (κ3) is 30.8. The topological polar surface area (TPSA) is 84.7 Å². The highest BCUT2D eigenvalue weighted by atomic mass is 16.5. The smallest absolute Gasteiger partial charge is 0.306 e. The standard InChI is InChI=1S/C50H95N3O4/c1-6-9-12-15-18-26-33-43-57-49(54)38-30-22-19-24-31-39-52(41-34-42-53-44-45(4)51-46(53)5)40-32-25-23-29-37-48(50(55)56)47(35-27-20-16-13-10-7-2)36-28-21-17-14-11-8-3/h44,47-48H,6-43H2,1-5H3,(H,55,56). The van der Waals surface area contributed by atoms with Gasteiger partial charge in [0.25, 0.3) is 0 Å². The molecule has 334 valence electrons. The molecule has 0 saturated heterocycles. The summed E-state index contributed by atoms with van der Waals surface area (Å²) < 4.78 is 7.77. The van der Waals surface area contributed by atoms with Crippen LogP contribution in [-0.2, 0) is 20.9 Å². The molecule has 1 aromatic heterocycles. The van der Waals surface area contributed by atoms with Gasteiger partial charge in [0.15, 0.2) is 0 Å². The predicted molar refractivity (Wildman–Crippen MR) is 243 cm³/mol. The van der Waals surface area contributed by atoms with Crippen LogP contribution >= 0.6 is 0 Å². The number of aromatic nitrogens is 2. The monoisotopic (exact) mass is 802 g/mol. The van der Waals surface area contributed by atoms with Crippen molar-refractivity contribution in [3.05, 3.63) is 17.7 Å². The summed E-state index contributed by atoms with van der Waals surface area (Å²) in [6, 6.07) is 0. The van der Waals surface area contributed by atoms with Gasteiger partial charge < -0.3 is 19.3 Å². The average molecular weight is 802 g/mol. The number of carbonyl (C=O) groups excluding carboxylic acids is 1. The molecule has 0 aromatic carbocycles. The lowest BCUT2D eigenvalue weighted by Crippen LogP contribution is -2.28. The van der Waals surface area contributed by atoms with Gasteiger partial charge in [-0.2, -0.15) is 0 Å². The normalized spacial score (nSPS) is 12.3. The Morgan fingerprint density at radius 3 is 1.53 bits per heavy atom. The molecule has 0 aliphatic heterocycles. The minimum absolute atomic E-state index is 0.0184. The number of esters is 1. The van der Waals surface area contributed by atoms with Crippen molar-refractivity contribution >= 4 is 11.9 Å². The van der Waals surface area contributed by atoms with Crippen LogP contribution in [0.15, 0.2) is 6.20 Å². The zero-order valence-electron chi connectivity index (χ0n) is 38.6. The molecule has 7 nitrogen and oxygen atoms in total. The maximum atomic E-state index is 12.6. The highest BCUT2D eigenvalue weighted by molar-refractivity contribution is 5.70. The molecule has 1 rings (SSSR count). The number of nitrogens with zero attached hydrogens (tertiary/aromatic N) is 3. The van der Waals surface area contributed by atoms with Crippen LogP contribution in [0.3, 0.4) is 0 Å². The van der Waals surface area contributed by atoms with Gasteiger partial charge in [-0.25, -0.2) is 4.98 Å². The van der Waals surface area contributed by atoms with Gasteiger partial charge in [-0.1, -0.05) is 175 Å². The Labute approximate surface area is 353 Å². The lowest BCUT2D eigenvalue weighted by Gasteiger charge is -2.25. The number of hydrogen-bond acceptors (Lipinski definition) is 5. The first-order chi connectivity index (χ1) is 27.8. The molecule has 0 amide bonds. The molecule has 0 aliphatic rings. The molecule has 0 spiro atoms. The average Bonchev–Trinajstić information content (AvgIpc) is 3.52. The number of ether oxygens (including phenoxy) is 1. The van der Waals surface area contributed by atoms with E-state index in [4.69, 9.17) is 4.74 Å². The van der Waals surface area contributed by atoms with E-state index in [1.165, 1.54) is 148 Å². The number of rotatable bonds is 43. The molecule has 0 bridgehead atoms. The highest BCUT2D eigenvalue weighted by Gasteiger charge is 2.27. The van der Waals surface area contributed by atoms with Crippen molar-refractivity contribution in [3.8, 4) is 0 Å². The number of hydrogen-bond donors (Lipinski definition) is 1. The highest BCUT2D eigenvalue weighted by Crippen LogP contribution is 2.30. The lowest BCUT2D eigenvalue weighted by molar-refractivity contribution is -0.145. The van der Waals surface area contributed by atoms with Crippen LogP contribution in [0.25, 0.3) is 0 Å². The Morgan fingerprint density at radius 2 is 1.04 bits per heavy atom. The molecule has 1 aromatic rings.